The number of benzene rings is 3. The van der Waals surface area contributed by atoms with E-state index in [0.29, 0.717) is 16.5 Å². The summed E-state index contributed by atoms with van der Waals surface area (Å²) in [6, 6.07) is 20.2. The Kier molecular flexibility index (Phi) is 5.71. The van der Waals surface area contributed by atoms with Crippen molar-refractivity contribution in [2.75, 3.05) is 18.5 Å². The van der Waals surface area contributed by atoms with E-state index in [0.717, 1.165) is 10.8 Å². The predicted octanol–water partition coefficient (Wildman–Crippen LogP) is 4.05. The highest BCUT2D eigenvalue weighted by molar-refractivity contribution is 6.32. The van der Waals surface area contributed by atoms with Crippen molar-refractivity contribution in [1.29, 1.82) is 0 Å². The average molecular weight is 370 g/mol. The van der Waals surface area contributed by atoms with Crippen molar-refractivity contribution in [2.24, 2.45) is 0 Å². The molecular weight excluding hydrogens is 354 g/mol. The number of para-hydroxylation sites is 1. The summed E-state index contributed by atoms with van der Waals surface area (Å²) in [4.78, 5) is 23.6. The fraction of sp³-hybridized carbons (Fsp3) is 0.100. The topological polar surface area (TPSA) is 64.6 Å². The van der Waals surface area contributed by atoms with Crippen LogP contribution in [0.4, 0.5) is 5.69 Å². The second-order valence-electron chi connectivity index (χ2n) is 5.49. The van der Waals surface area contributed by atoms with Crippen molar-refractivity contribution in [3.05, 3.63) is 71.8 Å². The normalized spacial score (nSPS) is 10.3. The maximum Gasteiger partial charge on any atom is 0.344 e. The van der Waals surface area contributed by atoms with E-state index in [1.54, 1.807) is 30.3 Å². The van der Waals surface area contributed by atoms with Gasteiger partial charge in [-0.2, -0.15) is 0 Å². The Morgan fingerprint density at radius 1 is 0.885 bits per heavy atom. The summed E-state index contributed by atoms with van der Waals surface area (Å²) in [6.07, 6.45) is 0. The third-order valence-electron chi connectivity index (χ3n) is 3.58. The summed E-state index contributed by atoms with van der Waals surface area (Å²) in [6.45, 7) is -0.718. The quantitative estimate of drug-likeness (QED) is 0.666. The highest BCUT2D eigenvalue weighted by atomic mass is 35.5. The van der Waals surface area contributed by atoms with E-state index in [2.05, 4.69) is 5.32 Å². The molecule has 0 spiro atoms. The number of amides is 1. The molecule has 0 atom stereocenters. The predicted molar refractivity (Wildman–Crippen MR) is 100 cm³/mol. The minimum Gasteiger partial charge on any atom is -0.480 e. The molecule has 0 aromatic heterocycles. The number of ether oxygens (including phenoxy) is 2. The van der Waals surface area contributed by atoms with Gasteiger partial charge in [0.2, 0.25) is 0 Å². The molecule has 6 heteroatoms. The van der Waals surface area contributed by atoms with Crippen LogP contribution in [-0.2, 0) is 14.3 Å². The number of nitrogens with one attached hydrogen (secondary N) is 1. The summed E-state index contributed by atoms with van der Waals surface area (Å²) in [5.41, 5.74) is 0.636. The number of carbonyl (C=O) groups is 2. The Labute approximate surface area is 155 Å². The van der Waals surface area contributed by atoms with Crippen LogP contribution in [0.15, 0.2) is 66.7 Å². The van der Waals surface area contributed by atoms with Gasteiger partial charge >= 0.3 is 5.97 Å². The lowest BCUT2D eigenvalue weighted by molar-refractivity contribution is -0.149. The van der Waals surface area contributed by atoms with Crippen LogP contribution in [0.25, 0.3) is 10.8 Å². The highest BCUT2D eigenvalue weighted by Crippen LogP contribution is 2.23. The molecule has 0 radical (unpaired) electrons. The van der Waals surface area contributed by atoms with Crippen molar-refractivity contribution in [2.45, 2.75) is 0 Å². The molecule has 3 aromatic carbocycles. The smallest absolute Gasteiger partial charge is 0.344 e. The Bertz CT molecular complexity index is 942. The van der Waals surface area contributed by atoms with Crippen molar-refractivity contribution < 1.29 is 19.1 Å². The SMILES string of the molecule is O=C(COC(=O)COc1ccccc1Cl)Nc1ccc2ccccc2c1. The van der Waals surface area contributed by atoms with Gasteiger partial charge in [0.1, 0.15) is 5.75 Å². The number of anilines is 1. The Balaban J connectivity index is 1.47. The van der Waals surface area contributed by atoms with Crippen LogP contribution >= 0.6 is 11.6 Å². The number of carbonyl (C=O) groups excluding carboxylic acids is 2. The van der Waals surface area contributed by atoms with E-state index in [1.165, 1.54) is 0 Å². The molecule has 0 aliphatic heterocycles. The third-order valence-corrected chi connectivity index (χ3v) is 3.89. The summed E-state index contributed by atoms with van der Waals surface area (Å²) in [5.74, 6) is -0.698. The van der Waals surface area contributed by atoms with Crippen molar-refractivity contribution in [3.8, 4) is 5.75 Å². The van der Waals surface area contributed by atoms with Crippen molar-refractivity contribution in [1.82, 2.24) is 0 Å². The average Bonchev–Trinajstić information content (AvgIpc) is 2.65. The molecule has 0 saturated heterocycles. The van der Waals surface area contributed by atoms with Crippen LogP contribution in [0.2, 0.25) is 5.02 Å². The van der Waals surface area contributed by atoms with Gasteiger partial charge in [-0.25, -0.2) is 4.79 Å². The number of rotatable bonds is 6. The molecule has 0 heterocycles. The summed E-state index contributed by atoms with van der Waals surface area (Å²) in [7, 11) is 0. The molecular formula is C20H16ClNO4. The molecule has 0 aliphatic carbocycles. The van der Waals surface area contributed by atoms with Gasteiger partial charge in [0.05, 0.1) is 5.02 Å². The van der Waals surface area contributed by atoms with E-state index in [1.807, 2.05) is 36.4 Å². The minimum absolute atomic E-state index is 0.326. The van der Waals surface area contributed by atoms with Gasteiger partial charge in [-0.05, 0) is 35.0 Å². The van der Waals surface area contributed by atoms with Gasteiger partial charge in [0.15, 0.2) is 13.2 Å². The van der Waals surface area contributed by atoms with Gasteiger partial charge in [0, 0.05) is 5.69 Å². The zero-order chi connectivity index (χ0) is 18.4. The Hall–Kier alpha value is -3.05. The first-order valence-electron chi connectivity index (χ1n) is 7.93. The van der Waals surface area contributed by atoms with Crippen molar-refractivity contribution >= 4 is 39.9 Å². The Morgan fingerprint density at radius 2 is 1.62 bits per heavy atom. The Morgan fingerprint density at radius 3 is 2.42 bits per heavy atom. The largest absolute Gasteiger partial charge is 0.480 e. The molecule has 3 rings (SSSR count). The van der Waals surface area contributed by atoms with E-state index < -0.39 is 18.5 Å². The molecule has 132 valence electrons. The minimum atomic E-state index is -0.654. The number of fused-ring (bicyclic) bond motifs is 1. The molecule has 0 aliphatic rings. The van der Waals surface area contributed by atoms with Gasteiger partial charge < -0.3 is 14.8 Å². The van der Waals surface area contributed by atoms with Crippen LogP contribution in [0.5, 0.6) is 5.75 Å². The lowest BCUT2D eigenvalue weighted by atomic mass is 10.1. The monoisotopic (exact) mass is 369 g/mol. The highest BCUT2D eigenvalue weighted by Gasteiger charge is 2.10. The number of hydrogen-bond donors (Lipinski definition) is 1. The molecule has 1 amide bonds. The van der Waals surface area contributed by atoms with Crippen molar-refractivity contribution in [3.63, 3.8) is 0 Å². The van der Waals surface area contributed by atoms with E-state index in [-0.39, 0.29) is 6.61 Å². The number of halogens is 1. The molecule has 26 heavy (non-hydrogen) atoms. The van der Waals surface area contributed by atoms with E-state index in [9.17, 15) is 9.59 Å². The zero-order valence-electron chi connectivity index (χ0n) is 13.8. The molecule has 3 aromatic rings. The fourth-order valence-electron chi connectivity index (χ4n) is 2.35. The summed E-state index contributed by atoms with van der Waals surface area (Å²) in [5, 5.41) is 5.18. The molecule has 5 nitrogen and oxygen atoms in total. The zero-order valence-corrected chi connectivity index (χ0v) is 14.5. The number of hydrogen-bond acceptors (Lipinski definition) is 4. The molecule has 0 bridgehead atoms. The third kappa shape index (κ3) is 4.74. The molecule has 0 saturated carbocycles. The summed E-state index contributed by atoms with van der Waals surface area (Å²) >= 11 is 5.93. The standard InChI is InChI=1S/C20H16ClNO4/c21-17-7-3-4-8-18(17)25-13-20(24)26-12-19(23)22-16-10-9-14-5-1-2-6-15(14)11-16/h1-11H,12-13H2,(H,22,23). The van der Waals surface area contributed by atoms with Crippen LogP contribution in [-0.4, -0.2) is 25.1 Å². The lowest BCUT2D eigenvalue weighted by Crippen LogP contribution is -2.23. The van der Waals surface area contributed by atoms with Crippen LogP contribution in [0.1, 0.15) is 0 Å². The van der Waals surface area contributed by atoms with Gasteiger partial charge in [-0.15, -0.1) is 0 Å². The van der Waals surface area contributed by atoms with E-state index in [4.69, 9.17) is 21.1 Å². The second-order valence-corrected chi connectivity index (χ2v) is 5.90. The molecule has 0 fully saturated rings. The van der Waals surface area contributed by atoms with Crippen LogP contribution in [0, 0.1) is 0 Å². The molecule has 0 unspecified atom stereocenters. The second kappa shape index (κ2) is 8.36. The van der Waals surface area contributed by atoms with Gasteiger partial charge in [0.25, 0.3) is 5.91 Å². The van der Waals surface area contributed by atoms with Gasteiger partial charge in [-0.1, -0.05) is 54.1 Å². The number of esters is 1. The van der Waals surface area contributed by atoms with Crippen LogP contribution < -0.4 is 10.1 Å². The first-order chi connectivity index (χ1) is 12.6. The molecule has 1 N–H and O–H groups in total. The fourth-order valence-corrected chi connectivity index (χ4v) is 2.54. The maximum absolute atomic E-state index is 11.9. The summed E-state index contributed by atoms with van der Waals surface area (Å²) < 4.78 is 10.2. The van der Waals surface area contributed by atoms with Crippen LogP contribution in [0.3, 0.4) is 0 Å². The maximum atomic E-state index is 11.9. The lowest BCUT2D eigenvalue weighted by Gasteiger charge is -2.09. The first-order valence-corrected chi connectivity index (χ1v) is 8.31. The van der Waals surface area contributed by atoms with Gasteiger partial charge in [-0.3, -0.25) is 4.79 Å². The van der Waals surface area contributed by atoms with E-state index >= 15 is 0 Å². The first kappa shape index (κ1) is 17.8.